The molecule has 4 aromatic rings. The molecule has 6 rings (SSSR count). The number of benzene rings is 2. The first-order chi connectivity index (χ1) is 19.9. The molecule has 8 heteroatoms. The number of anilines is 3. The lowest BCUT2D eigenvalue weighted by Crippen LogP contribution is -2.41. The summed E-state index contributed by atoms with van der Waals surface area (Å²) < 4.78 is 0. The number of halogens is 1. The van der Waals surface area contributed by atoms with Crippen molar-refractivity contribution in [3.05, 3.63) is 94.4 Å². The molecular formula is C33H35ClN6O. The number of likely N-dealkylation sites (tertiary alicyclic amines) is 1. The first kappa shape index (κ1) is 27.4. The molecule has 2 aliphatic rings. The summed E-state index contributed by atoms with van der Waals surface area (Å²) in [5.41, 5.74) is 7.14. The average molecular weight is 567 g/mol. The van der Waals surface area contributed by atoms with Gasteiger partial charge in [-0.05, 0) is 106 Å². The summed E-state index contributed by atoms with van der Waals surface area (Å²) in [5.74, 6) is 1.36. The van der Waals surface area contributed by atoms with E-state index in [1.165, 1.54) is 18.4 Å². The smallest absolute Gasteiger partial charge is 0.236 e. The van der Waals surface area contributed by atoms with Gasteiger partial charge in [0.25, 0.3) is 0 Å². The van der Waals surface area contributed by atoms with Gasteiger partial charge in [-0.25, -0.2) is 4.98 Å². The Hall–Kier alpha value is -3.81. The van der Waals surface area contributed by atoms with Gasteiger partial charge in [0, 0.05) is 47.0 Å². The minimum absolute atomic E-state index is 0.00237. The molecule has 1 atom stereocenters. The number of nitrogens with one attached hydrogen (secondary N) is 1. The van der Waals surface area contributed by atoms with Gasteiger partial charge in [0.05, 0.1) is 5.92 Å². The van der Waals surface area contributed by atoms with E-state index < -0.39 is 5.92 Å². The van der Waals surface area contributed by atoms with Crippen molar-refractivity contribution in [3.8, 4) is 11.1 Å². The highest BCUT2D eigenvalue weighted by Crippen LogP contribution is 2.40. The quantitative estimate of drug-likeness (QED) is 0.278. The van der Waals surface area contributed by atoms with E-state index in [1.54, 1.807) is 11.1 Å². The van der Waals surface area contributed by atoms with Crippen LogP contribution in [0.4, 0.5) is 17.5 Å². The van der Waals surface area contributed by atoms with Crippen molar-refractivity contribution in [3.63, 3.8) is 0 Å². The number of nitrogens with zero attached hydrogens (tertiary/aromatic N) is 5. The summed E-state index contributed by atoms with van der Waals surface area (Å²) in [4.78, 5) is 31.6. The Labute approximate surface area is 246 Å². The van der Waals surface area contributed by atoms with Crippen molar-refractivity contribution < 1.29 is 4.79 Å². The number of aryl methyl sites for hydroxylation is 1. The molecule has 1 saturated heterocycles. The van der Waals surface area contributed by atoms with Crippen LogP contribution in [0.5, 0.6) is 0 Å². The first-order valence-corrected chi connectivity index (χ1v) is 14.7. The van der Waals surface area contributed by atoms with E-state index >= 15 is 0 Å². The van der Waals surface area contributed by atoms with Crippen LogP contribution in [0.15, 0.2) is 67.1 Å². The van der Waals surface area contributed by atoms with Crippen molar-refractivity contribution in [1.29, 1.82) is 0 Å². The highest BCUT2D eigenvalue weighted by Gasteiger charge is 2.36. The number of pyridine rings is 1. The molecule has 0 radical (unpaired) electrons. The lowest BCUT2D eigenvalue weighted by molar-refractivity contribution is -0.120. The number of fused-ring (bicyclic) bond motifs is 1. The van der Waals surface area contributed by atoms with Gasteiger partial charge in [0.2, 0.25) is 11.9 Å². The summed E-state index contributed by atoms with van der Waals surface area (Å²) >= 11 is 6.82. The van der Waals surface area contributed by atoms with Crippen molar-refractivity contribution in [2.75, 3.05) is 36.9 Å². The Balaban J connectivity index is 1.22. The number of carbonyl (C=O) groups excluding carboxylic acids is 1. The van der Waals surface area contributed by atoms with Crippen LogP contribution in [-0.2, 0) is 11.2 Å². The molecule has 0 bridgehead atoms. The number of rotatable bonds is 6. The molecule has 0 saturated carbocycles. The zero-order valence-corrected chi connectivity index (χ0v) is 24.5. The predicted octanol–water partition coefficient (Wildman–Crippen LogP) is 6.75. The summed E-state index contributed by atoms with van der Waals surface area (Å²) in [6.45, 7) is 6.81. The maximum Gasteiger partial charge on any atom is 0.236 e. The third-order valence-corrected chi connectivity index (χ3v) is 8.78. The van der Waals surface area contributed by atoms with E-state index in [2.05, 4.69) is 51.5 Å². The Morgan fingerprint density at radius 1 is 1.07 bits per heavy atom. The highest BCUT2D eigenvalue weighted by atomic mass is 35.5. The van der Waals surface area contributed by atoms with Crippen LogP contribution in [0.2, 0.25) is 5.02 Å². The third kappa shape index (κ3) is 5.56. The minimum Gasteiger partial charge on any atom is -0.324 e. The minimum atomic E-state index is -0.397. The topological polar surface area (TPSA) is 74.2 Å². The Morgan fingerprint density at radius 3 is 2.56 bits per heavy atom. The second kappa shape index (κ2) is 11.6. The van der Waals surface area contributed by atoms with Crippen molar-refractivity contribution in [2.24, 2.45) is 0 Å². The molecule has 1 amide bonds. The van der Waals surface area contributed by atoms with Gasteiger partial charge in [-0.3, -0.25) is 14.7 Å². The Bertz CT molecular complexity index is 1550. The lowest BCUT2D eigenvalue weighted by Gasteiger charge is -2.33. The van der Waals surface area contributed by atoms with Crippen LogP contribution in [0.3, 0.4) is 0 Å². The molecule has 41 heavy (non-hydrogen) atoms. The number of hydrogen-bond donors (Lipinski definition) is 1. The van der Waals surface area contributed by atoms with Crippen molar-refractivity contribution in [2.45, 2.75) is 44.9 Å². The van der Waals surface area contributed by atoms with Gasteiger partial charge in [-0.15, -0.1) is 0 Å². The van der Waals surface area contributed by atoms with E-state index in [0.29, 0.717) is 35.7 Å². The zero-order valence-electron chi connectivity index (χ0n) is 23.8. The fraction of sp³-hybridized carbons (Fsp3) is 0.333. The second-order valence-corrected chi connectivity index (χ2v) is 11.5. The number of hydrogen-bond acceptors (Lipinski definition) is 6. The average Bonchev–Trinajstić information content (AvgIpc) is 2.99. The summed E-state index contributed by atoms with van der Waals surface area (Å²) in [6.07, 6.45) is 8.30. The van der Waals surface area contributed by atoms with Gasteiger partial charge in [-0.2, -0.15) is 4.98 Å². The van der Waals surface area contributed by atoms with Gasteiger partial charge < -0.3 is 10.2 Å². The van der Waals surface area contributed by atoms with E-state index in [-0.39, 0.29) is 5.91 Å². The Kier molecular flexibility index (Phi) is 7.73. The third-order valence-electron chi connectivity index (χ3n) is 8.45. The molecule has 2 aromatic heterocycles. The summed E-state index contributed by atoms with van der Waals surface area (Å²) in [6, 6.07) is 16.5. The monoisotopic (exact) mass is 566 g/mol. The number of carbonyl (C=O) groups is 1. The number of amides is 1. The molecule has 0 spiro atoms. The van der Waals surface area contributed by atoms with Gasteiger partial charge in [0.15, 0.2) is 0 Å². The highest BCUT2D eigenvalue weighted by molar-refractivity contribution is 6.32. The summed E-state index contributed by atoms with van der Waals surface area (Å²) in [5, 5.41) is 3.92. The maximum absolute atomic E-state index is 13.8. The van der Waals surface area contributed by atoms with Crippen LogP contribution < -0.4 is 10.2 Å². The van der Waals surface area contributed by atoms with Gasteiger partial charge in [0.1, 0.15) is 5.82 Å². The lowest BCUT2D eigenvalue weighted by atomic mass is 9.86. The molecule has 1 fully saturated rings. The molecule has 2 aliphatic heterocycles. The summed E-state index contributed by atoms with van der Waals surface area (Å²) in [7, 11) is 2.19. The number of aromatic nitrogens is 3. The molecule has 0 aliphatic carbocycles. The van der Waals surface area contributed by atoms with Crippen LogP contribution in [0.25, 0.3) is 11.1 Å². The fourth-order valence-corrected chi connectivity index (χ4v) is 6.39. The SMILES string of the molecule is CCN1C(=O)C(c2cc(C)c(-c3cccnc3)cc2Cl)Cc2cnc(Nc3ccc(C4CCN(C)CC4)cc3)nc21. The normalized spacial score (nSPS) is 17.9. The van der Waals surface area contributed by atoms with Crippen LogP contribution >= 0.6 is 11.6 Å². The fourth-order valence-electron chi connectivity index (χ4n) is 6.10. The molecule has 1 N–H and O–H groups in total. The molecule has 1 unspecified atom stereocenters. The predicted molar refractivity (Wildman–Crippen MR) is 165 cm³/mol. The van der Waals surface area contributed by atoms with Gasteiger partial charge >= 0.3 is 0 Å². The van der Waals surface area contributed by atoms with E-state index in [4.69, 9.17) is 16.6 Å². The van der Waals surface area contributed by atoms with E-state index in [0.717, 1.165) is 46.6 Å². The first-order valence-electron chi connectivity index (χ1n) is 14.3. The van der Waals surface area contributed by atoms with Crippen LogP contribution in [-0.4, -0.2) is 52.4 Å². The zero-order chi connectivity index (χ0) is 28.5. The molecule has 2 aromatic carbocycles. The Morgan fingerprint density at radius 2 is 1.85 bits per heavy atom. The van der Waals surface area contributed by atoms with Crippen LogP contribution in [0.1, 0.15) is 53.9 Å². The largest absolute Gasteiger partial charge is 0.324 e. The molecule has 4 heterocycles. The van der Waals surface area contributed by atoms with Gasteiger partial charge in [-0.1, -0.05) is 35.9 Å². The van der Waals surface area contributed by atoms with Crippen molar-refractivity contribution in [1.82, 2.24) is 19.9 Å². The van der Waals surface area contributed by atoms with E-state index in [9.17, 15) is 4.79 Å². The number of likely N-dealkylation sites (N-methyl/N-ethyl adjacent to an activating group) is 1. The van der Waals surface area contributed by atoms with Crippen LogP contribution in [0, 0.1) is 6.92 Å². The molecule has 210 valence electrons. The standard InChI is InChI=1S/C33H35ClN6O/c1-4-40-31-25(17-29(32(40)41)28-16-21(2)27(18-30(28)34)24-6-5-13-35-19-24)20-36-33(38-31)37-26-9-7-22(8-10-26)23-11-14-39(3)15-12-23/h5-10,13,16,18-20,23,29H,4,11-12,14-15,17H2,1-3H3,(H,36,37,38). The molecule has 7 nitrogen and oxygen atoms in total. The second-order valence-electron chi connectivity index (χ2n) is 11.1. The number of piperidine rings is 1. The maximum atomic E-state index is 13.8. The van der Waals surface area contributed by atoms with E-state index in [1.807, 2.05) is 50.5 Å². The molecular weight excluding hydrogens is 532 g/mol. The van der Waals surface area contributed by atoms with Crippen molar-refractivity contribution >= 4 is 35.0 Å².